The van der Waals surface area contributed by atoms with Crippen LogP contribution >= 0.6 is 0 Å². The van der Waals surface area contributed by atoms with E-state index >= 15 is 0 Å². The molecule has 0 aromatic heterocycles. The van der Waals surface area contributed by atoms with E-state index in [0.717, 1.165) is 47.9 Å². The van der Waals surface area contributed by atoms with Crippen LogP contribution in [-0.2, 0) is 29.0 Å². The number of carbonyl (C=O) groups is 2. The Balaban J connectivity index is 1.67. The van der Waals surface area contributed by atoms with Crippen LogP contribution in [0.1, 0.15) is 59.1 Å². The average molecular weight is 483 g/mol. The van der Waals surface area contributed by atoms with E-state index in [1.165, 1.54) is 11.1 Å². The zero-order chi connectivity index (χ0) is 25.5. The summed E-state index contributed by atoms with van der Waals surface area (Å²) in [6.07, 6.45) is 5.08. The Labute approximate surface area is 215 Å². The molecule has 0 radical (unpaired) electrons. The highest BCUT2D eigenvalue weighted by Crippen LogP contribution is 2.22. The summed E-state index contributed by atoms with van der Waals surface area (Å²) in [6.45, 7) is 6.62. The Morgan fingerprint density at radius 3 is 2.22 bits per heavy atom. The lowest BCUT2D eigenvalue weighted by molar-refractivity contribution is -0.141. The van der Waals surface area contributed by atoms with Gasteiger partial charge in [0, 0.05) is 19.0 Å². The topological polar surface area (TPSA) is 49.4 Å². The van der Waals surface area contributed by atoms with Crippen molar-refractivity contribution >= 4 is 11.8 Å². The smallest absolute Gasteiger partial charge is 0.243 e. The molecule has 1 atom stereocenters. The van der Waals surface area contributed by atoms with Gasteiger partial charge in [-0.15, -0.1) is 0 Å². The second kappa shape index (κ2) is 12.0. The van der Waals surface area contributed by atoms with Crippen molar-refractivity contribution in [3.05, 3.63) is 106 Å². The van der Waals surface area contributed by atoms with Crippen LogP contribution in [0.25, 0.3) is 0 Å². The average Bonchev–Trinajstić information content (AvgIpc) is 3.38. The first-order valence-corrected chi connectivity index (χ1v) is 13.1. The Morgan fingerprint density at radius 2 is 1.53 bits per heavy atom. The monoisotopic (exact) mass is 482 g/mol. The lowest BCUT2D eigenvalue weighted by Crippen LogP contribution is -2.52. The number of rotatable bonds is 9. The number of hydrogen-bond donors (Lipinski definition) is 1. The highest BCUT2D eigenvalue weighted by Gasteiger charge is 2.32. The third-order valence-corrected chi connectivity index (χ3v) is 7.50. The third-order valence-electron chi connectivity index (χ3n) is 7.50. The van der Waals surface area contributed by atoms with E-state index in [9.17, 15) is 9.59 Å². The highest BCUT2D eigenvalue weighted by molar-refractivity contribution is 5.89. The number of hydrogen-bond acceptors (Lipinski definition) is 2. The van der Waals surface area contributed by atoms with Gasteiger partial charge in [0.1, 0.15) is 6.04 Å². The van der Waals surface area contributed by atoms with Crippen molar-refractivity contribution in [2.24, 2.45) is 0 Å². The molecule has 2 amide bonds. The van der Waals surface area contributed by atoms with Crippen LogP contribution in [0.15, 0.2) is 72.8 Å². The minimum absolute atomic E-state index is 0.0241. The van der Waals surface area contributed by atoms with Gasteiger partial charge in [0.05, 0.1) is 6.42 Å². The van der Waals surface area contributed by atoms with E-state index in [0.29, 0.717) is 13.0 Å². The molecule has 188 valence electrons. The van der Waals surface area contributed by atoms with Crippen molar-refractivity contribution in [1.82, 2.24) is 10.2 Å². The fourth-order valence-electron chi connectivity index (χ4n) is 5.08. The van der Waals surface area contributed by atoms with Crippen LogP contribution in [0.5, 0.6) is 0 Å². The Kier molecular flexibility index (Phi) is 8.58. The molecule has 1 N–H and O–H groups in total. The molecule has 0 spiro atoms. The summed E-state index contributed by atoms with van der Waals surface area (Å²) in [7, 11) is 0. The number of amides is 2. The summed E-state index contributed by atoms with van der Waals surface area (Å²) in [6, 6.07) is 24.0. The molecule has 0 aliphatic heterocycles. The molecule has 0 bridgehead atoms. The van der Waals surface area contributed by atoms with Gasteiger partial charge in [-0.3, -0.25) is 9.59 Å². The second-order valence-corrected chi connectivity index (χ2v) is 10.2. The molecular weight excluding hydrogens is 444 g/mol. The van der Waals surface area contributed by atoms with E-state index in [4.69, 9.17) is 0 Å². The zero-order valence-corrected chi connectivity index (χ0v) is 21.8. The van der Waals surface area contributed by atoms with Crippen LogP contribution in [0.2, 0.25) is 0 Å². The zero-order valence-electron chi connectivity index (χ0n) is 21.8. The maximum absolute atomic E-state index is 13.9. The number of benzene rings is 3. The maximum atomic E-state index is 13.9. The molecule has 0 unspecified atom stereocenters. The van der Waals surface area contributed by atoms with Gasteiger partial charge >= 0.3 is 0 Å². The molecule has 1 aliphatic carbocycles. The summed E-state index contributed by atoms with van der Waals surface area (Å²) >= 11 is 0. The van der Waals surface area contributed by atoms with Gasteiger partial charge in [-0.05, 0) is 67.0 Å². The van der Waals surface area contributed by atoms with Gasteiger partial charge in [0.25, 0.3) is 0 Å². The SMILES string of the molecule is Cc1ccc(CC(=O)N(Cc2ccccc2C)[C@H](Cc2ccccc2)C(=O)NC2CCCC2)cc1C. The molecule has 4 heteroatoms. The number of carbonyl (C=O) groups excluding carboxylic acids is 2. The Bertz CT molecular complexity index is 1180. The molecule has 4 rings (SSSR count). The minimum atomic E-state index is -0.577. The minimum Gasteiger partial charge on any atom is -0.352 e. The third kappa shape index (κ3) is 6.63. The molecule has 3 aromatic rings. The lowest BCUT2D eigenvalue weighted by atomic mass is 9.99. The summed E-state index contributed by atoms with van der Waals surface area (Å²) in [5, 5.41) is 3.28. The summed E-state index contributed by atoms with van der Waals surface area (Å²) in [4.78, 5) is 29.5. The van der Waals surface area contributed by atoms with Crippen LogP contribution in [0.3, 0.4) is 0 Å². The van der Waals surface area contributed by atoms with Gasteiger partial charge in [-0.25, -0.2) is 0 Å². The molecule has 1 aliphatic rings. The first-order valence-electron chi connectivity index (χ1n) is 13.1. The van der Waals surface area contributed by atoms with Crippen LogP contribution < -0.4 is 5.32 Å². The number of nitrogens with one attached hydrogen (secondary N) is 1. The fraction of sp³-hybridized carbons (Fsp3) is 0.375. The van der Waals surface area contributed by atoms with Crippen molar-refractivity contribution < 1.29 is 9.59 Å². The van der Waals surface area contributed by atoms with Crippen LogP contribution in [-0.4, -0.2) is 28.8 Å². The van der Waals surface area contributed by atoms with E-state index in [1.54, 1.807) is 0 Å². The molecular formula is C32H38N2O2. The number of nitrogens with zero attached hydrogens (tertiary/aromatic N) is 1. The van der Waals surface area contributed by atoms with Crippen molar-refractivity contribution in [3.63, 3.8) is 0 Å². The van der Waals surface area contributed by atoms with Crippen molar-refractivity contribution in [2.45, 2.75) is 77.9 Å². The molecule has 0 heterocycles. The van der Waals surface area contributed by atoms with Crippen molar-refractivity contribution in [2.75, 3.05) is 0 Å². The van der Waals surface area contributed by atoms with Crippen molar-refractivity contribution in [1.29, 1.82) is 0 Å². The molecule has 36 heavy (non-hydrogen) atoms. The molecule has 1 saturated carbocycles. The molecule has 1 fully saturated rings. The van der Waals surface area contributed by atoms with E-state index in [2.05, 4.69) is 50.4 Å². The van der Waals surface area contributed by atoms with Gasteiger partial charge in [-0.1, -0.05) is 85.6 Å². The Morgan fingerprint density at radius 1 is 0.833 bits per heavy atom. The quantitative estimate of drug-likeness (QED) is 0.416. The Hall–Kier alpha value is -3.40. The number of aryl methyl sites for hydroxylation is 3. The van der Waals surface area contributed by atoms with E-state index in [-0.39, 0.29) is 24.3 Å². The standard InChI is InChI=1S/C32H38N2O2/c1-23-17-18-27(19-25(23)3)21-31(35)34(22-28-14-8-7-11-24(28)2)30(20-26-12-5-4-6-13-26)32(36)33-29-15-9-10-16-29/h4-8,11-14,17-19,29-30H,9-10,15-16,20-22H2,1-3H3,(H,33,36)/t30-/m1/s1. The molecule has 0 saturated heterocycles. The predicted octanol–water partition coefficient (Wildman–Crippen LogP) is 5.85. The first kappa shape index (κ1) is 25.7. The maximum Gasteiger partial charge on any atom is 0.243 e. The van der Waals surface area contributed by atoms with Gasteiger partial charge in [-0.2, -0.15) is 0 Å². The molecule has 3 aromatic carbocycles. The summed E-state index contributed by atoms with van der Waals surface area (Å²) in [5.41, 5.74) is 6.60. The van der Waals surface area contributed by atoms with E-state index < -0.39 is 6.04 Å². The first-order chi connectivity index (χ1) is 17.4. The van der Waals surface area contributed by atoms with E-state index in [1.807, 2.05) is 53.4 Å². The van der Waals surface area contributed by atoms with Gasteiger partial charge in [0.2, 0.25) is 11.8 Å². The fourth-order valence-corrected chi connectivity index (χ4v) is 5.08. The van der Waals surface area contributed by atoms with Gasteiger partial charge < -0.3 is 10.2 Å². The highest BCUT2D eigenvalue weighted by atomic mass is 16.2. The lowest BCUT2D eigenvalue weighted by Gasteiger charge is -2.33. The largest absolute Gasteiger partial charge is 0.352 e. The van der Waals surface area contributed by atoms with Gasteiger partial charge in [0.15, 0.2) is 0 Å². The summed E-state index contributed by atoms with van der Waals surface area (Å²) < 4.78 is 0. The van der Waals surface area contributed by atoms with Crippen LogP contribution in [0.4, 0.5) is 0 Å². The summed E-state index contributed by atoms with van der Waals surface area (Å²) in [5.74, 6) is -0.0724. The van der Waals surface area contributed by atoms with Crippen molar-refractivity contribution in [3.8, 4) is 0 Å². The van der Waals surface area contributed by atoms with Crippen LogP contribution in [0, 0.1) is 20.8 Å². The second-order valence-electron chi connectivity index (χ2n) is 10.2. The normalized spacial score (nSPS) is 14.4. The molecule has 4 nitrogen and oxygen atoms in total. The predicted molar refractivity (Wildman–Crippen MR) is 146 cm³/mol.